The lowest BCUT2D eigenvalue weighted by molar-refractivity contribution is -0.385. The van der Waals surface area contributed by atoms with Gasteiger partial charge in [-0.1, -0.05) is 28.1 Å². The first-order valence-corrected chi connectivity index (χ1v) is 4.82. The molecule has 0 spiro atoms. The lowest BCUT2D eigenvalue weighted by Gasteiger charge is -2.03. The fourth-order valence-corrected chi connectivity index (χ4v) is 1.36. The first-order chi connectivity index (χ1) is 6.56. The van der Waals surface area contributed by atoms with Crippen LogP contribution in [-0.2, 0) is 4.79 Å². The highest BCUT2D eigenvalue weighted by molar-refractivity contribution is 9.09. The van der Waals surface area contributed by atoms with E-state index in [1.165, 1.54) is 6.07 Å². The van der Waals surface area contributed by atoms with Crippen LogP contribution in [0.15, 0.2) is 18.2 Å². The Morgan fingerprint density at radius 3 is 2.71 bits per heavy atom. The Hall–Kier alpha value is -1.23. The molecule has 1 rings (SSSR count). The maximum Gasteiger partial charge on any atom is 0.272 e. The largest absolute Gasteiger partial charge is 0.302 e. The predicted molar refractivity (Wildman–Crippen MR) is 55.6 cm³/mol. The van der Waals surface area contributed by atoms with Crippen LogP contribution in [0.1, 0.15) is 16.0 Å². The van der Waals surface area contributed by atoms with E-state index in [9.17, 15) is 14.9 Å². The summed E-state index contributed by atoms with van der Waals surface area (Å²) in [5.41, 5.74) is 1.22. The van der Waals surface area contributed by atoms with Crippen LogP contribution in [-0.4, -0.2) is 11.2 Å². The molecule has 0 heterocycles. The van der Waals surface area contributed by atoms with Crippen molar-refractivity contribution in [3.8, 4) is 0 Å². The van der Waals surface area contributed by atoms with Crippen LogP contribution in [0.25, 0.3) is 0 Å². The van der Waals surface area contributed by atoms with Crippen molar-refractivity contribution in [2.24, 2.45) is 0 Å². The van der Waals surface area contributed by atoms with Crippen LogP contribution in [0.4, 0.5) is 5.69 Å². The van der Waals surface area contributed by atoms with E-state index in [1.807, 2.05) is 0 Å². The minimum absolute atomic E-state index is 0.0359. The quantitative estimate of drug-likeness (QED) is 0.362. The number of nitro groups is 1. The summed E-state index contributed by atoms with van der Waals surface area (Å²) in [5.74, 6) is 0. The summed E-state index contributed by atoms with van der Waals surface area (Å²) >= 11 is 3.10. The Morgan fingerprint density at radius 2 is 2.21 bits per heavy atom. The number of benzene rings is 1. The average Bonchev–Trinajstić information content (AvgIpc) is 2.17. The fourth-order valence-electron chi connectivity index (χ4n) is 1.07. The van der Waals surface area contributed by atoms with E-state index < -0.39 is 9.75 Å². The molecule has 0 aromatic heterocycles. The second kappa shape index (κ2) is 4.32. The maximum atomic E-state index is 10.6. The molecule has 0 unspecified atom stereocenters. The summed E-state index contributed by atoms with van der Waals surface area (Å²) in [4.78, 5) is 20.1. The van der Waals surface area contributed by atoms with Crippen molar-refractivity contribution in [3.63, 3.8) is 0 Å². The molecule has 0 saturated heterocycles. The molecule has 14 heavy (non-hydrogen) atoms. The van der Waals surface area contributed by atoms with Gasteiger partial charge in [-0.15, -0.1) is 0 Å². The Morgan fingerprint density at radius 1 is 1.57 bits per heavy atom. The third kappa shape index (κ3) is 2.17. The van der Waals surface area contributed by atoms with Crippen LogP contribution in [0.2, 0.25) is 0 Å². The summed E-state index contributed by atoms with van der Waals surface area (Å²) in [6.45, 7) is 1.66. The number of nitrogens with zero attached hydrogens (tertiary/aromatic N) is 1. The van der Waals surface area contributed by atoms with E-state index in [2.05, 4.69) is 15.9 Å². The van der Waals surface area contributed by atoms with Crippen LogP contribution < -0.4 is 0 Å². The van der Waals surface area contributed by atoms with Gasteiger partial charge in [-0.25, -0.2) is 0 Å². The number of hydrogen-bond donors (Lipinski definition) is 0. The molecule has 0 bridgehead atoms. The molecule has 1 aromatic rings. The number of alkyl halides is 1. The van der Waals surface area contributed by atoms with Crippen molar-refractivity contribution in [3.05, 3.63) is 39.4 Å². The van der Waals surface area contributed by atoms with Gasteiger partial charge in [0, 0.05) is 11.6 Å². The van der Waals surface area contributed by atoms with E-state index in [1.54, 1.807) is 19.1 Å². The molecule has 74 valence electrons. The molecular formula is C9H8BrNO3. The van der Waals surface area contributed by atoms with Crippen LogP contribution in [0, 0.1) is 17.0 Å². The number of hydrogen-bond acceptors (Lipinski definition) is 3. The molecule has 0 aliphatic heterocycles. The number of aldehydes is 1. The number of aryl methyl sites for hydroxylation is 1. The molecule has 1 atom stereocenters. The number of halogens is 1. The smallest absolute Gasteiger partial charge is 0.272 e. The van der Waals surface area contributed by atoms with E-state index in [4.69, 9.17) is 0 Å². The summed E-state index contributed by atoms with van der Waals surface area (Å²) in [7, 11) is 0. The third-order valence-electron chi connectivity index (χ3n) is 1.87. The zero-order chi connectivity index (χ0) is 10.7. The highest BCUT2D eigenvalue weighted by Gasteiger charge is 2.14. The van der Waals surface area contributed by atoms with Gasteiger partial charge in [0.25, 0.3) is 5.69 Å². The summed E-state index contributed by atoms with van der Waals surface area (Å²) in [6, 6.07) is 4.73. The van der Waals surface area contributed by atoms with Gasteiger partial charge in [0.05, 0.1) is 9.75 Å². The van der Waals surface area contributed by atoms with Crippen LogP contribution in [0.3, 0.4) is 0 Å². The molecular weight excluding hydrogens is 250 g/mol. The molecule has 5 heteroatoms. The zero-order valence-electron chi connectivity index (χ0n) is 7.44. The van der Waals surface area contributed by atoms with Crippen molar-refractivity contribution in [1.29, 1.82) is 0 Å². The monoisotopic (exact) mass is 257 g/mol. The Labute approximate surface area is 89.2 Å². The Bertz CT molecular complexity index is 378. The van der Waals surface area contributed by atoms with Gasteiger partial charge in [0.2, 0.25) is 0 Å². The topological polar surface area (TPSA) is 60.2 Å². The molecule has 0 aliphatic rings. The average molecular weight is 258 g/mol. The van der Waals surface area contributed by atoms with Gasteiger partial charge in [0.1, 0.15) is 6.29 Å². The lowest BCUT2D eigenvalue weighted by atomic mass is 10.1. The molecule has 0 N–H and O–H groups in total. The molecule has 0 radical (unpaired) electrons. The van der Waals surface area contributed by atoms with Crippen molar-refractivity contribution in [1.82, 2.24) is 0 Å². The van der Waals surface area contributed by atoms with Gasteiger partial charge < -0.3 is 4.79 Å². The molecule has 0 aliphatic carbocycles. The van der Waals surface area contributed by atoms with Gasteiger partial charge in [0.15, 0.2) is 0 Å². The second-order valence-corrected chi connectivity index (χ2v) is 3.83. The fraction of sp³-hybridized carbons (Fsp3) is 0.222. The number of nitro benzene ring substituents is 1. The highest BCUT2D eigenvalue weighted by Crippen LogP contribution is 2.26. The number of carbonyl (C=O) groups is 1. The lowest BCUT2D eigenvalue weighted by Crippen LogP contribution is -1.96. The SMILES string of the molecule is Cc1ccc([C@H](Br)C=O)cc1[N+](=O)[O-]. The second-order valence-electron chi connectivity index (χ2n) is 2.84. The predicted octanol–water partition coefficient (Wildman–Crippen LogP) is 2.54. The van der Waals surface area contributed by atoms with E-state index >= 15 is 0 Å². The Balaban J connectivity index is 3.19. The first kappa shape index (κ1) is 10.8. The minimum Gasteiger partial charge on any atom is -0.302 e. The zero-order valence-corrected chi connectivity index (χ0v) is 9.02. The van der Waals surface area contributed by atoms with Crippen molar-refractivity contribution >= 4 is 27.9 Å². The summed E-state index contributed by atoms with van der Waals surface area (Å²) < 4.78 is 0. The van der Waals surface area contributed by atoms with E-state index in [-0.39, 0.29) is 5.69 Å². The van der Waals surface area contributed by atoms with Crippen molar-refractivity contribution in [2.75, 3.05) is 0 Å². The normalized spacial score (nSPS) is 12.1. The number of rotatable bonds is 3. The summed E-state index contributed by atoms with van der Waals surface area (Å²) in [5, 5.41) is 10.6. The minimum atomic E-state index is -0.484. The standard InChI is InChI=1S/C9H8BrNO3/c1-6-2-3-7(8(10)5-12)4-9(6)11(13)14/h2-5,8H,1H3/t8-/m1/s1. The molecule has 1 aromatic carbocycles. The van der Waals surface area contributed by atoms with E-state index in [0.717, 1.165) is 0 Å². The first-order valence-electron chi connectivity index (χ1n) is 3.90. The van der Waals surface area contributed by atoms with Gasteiger partial charge in [-0.05, 0) is 12.5 Å². The van der Waals surface area contributed by atoms with Crippen LogP contribution in [0.5, 0.6) is 0 Å². The summed E-state index contributed by atoms with van der Waals surface area (Å²) in [6.07, 6.45) is 0.689. The molecule has 4 nitrogen and oxygen atoms in total. The van der Waals surface area contributed by atoms with Crippen molar-refractivity contribution < 1.29 is 9.72 Å². The molecule has 0 fully saturated rings. The highest BCUT2D eigenvalue weighted by atomic mass is 79.9. The molecule has 0 amide bonds. The maximum absolute atomic E-state index is 10.6. The van der Waals surface area contributed by atoms with E-state index in [0.29, 0.717) is 17.4 Å². The van der Waals surface area contributed by atoms with Crippen molar-refractivity contribution in [2.45, 2.75) is 11.8 Å². The van der Waals surface area contributed by atoms with Crippen LogP contribution >= 0.6 is 15.9 Å². The Kier molecular flexibility index (Phi) is 3.35. The van der Waals surface area contributed by atoms with Gasteiger partial charge in [-0.3, -0.25) is 10.1 Å². The number of carbonyl (C=O) groups excluding carboxylic acids is 1. The third-order valence-corrected chi connectivity index (χ3v) is 2.61. The molecule has 0 saturated carbocycles. The van der Waals surface area contributed by atoms with Gasteiger partial charge >= 0.3 is 0 Å². The van der Waals surface area contributed by atoms with Gasteiger partial charge in [-0.2, -0.15) is 0 Å².